The number of hydrogen-bond donors (Lipinski definition) is 2. The first-order valence-corrected chi connectivity index (χ1v) is 9.36. The normalized spacial score (nSPS) is 20.5. The SMILES string of the molecule is CCCCCCCCc1ccc(C(=O)N2CCC(N)(CO)C2)cc1. The number of carbonyl (C=O) groups is 1. The Hall–Kier alpha value is -1.39. The van der Waals surface area contributed by atoms with Crippen LogP contribution >= 0.6 is 0 Å². The molecule has 0 bridgehead atoms. The van der Waals surface area contributed by atoms with Crippen molar-refractivity contribution in [2.45, 2.75) is 63.8 Å². The van der Waals surface area contributed by atoms with Crippen LogP contribution in [0.4, 0.5) is 0 Å². The fourth-order valence-electron chi connectivity index (χ4n) is 3.30. The summed E-state index contributed by atoms with van der Waals surface area (Å²) in [7, 11) is 0. The topological polar surface area (TPSA) is 66.6 Å². The standard InChI is InChI=1S/C20H32N2O2/c1-2-3-4-5-6-7-8-17-9-11-18(12-10-17)19(24)22-14-13-20(21,15-22)16-23/h9-12,23H,2-8,13-16,21H2,1H3. The number of unbranched alkanes of at least 4 members (excludes halogenated alkanes) is 5. The van der Waals surface area contributed by atoms with Crippen LogP contribution in [0.1, 0.15) is 67.8 Å². The molecule has 0 radical (unpaired) electrons. The van der Waals surface area contributed by atoms with E-state index in [4.69, 9.17) is 5.73 Å². The number of benzene rings is 1. The first-order valence-electron chi connectivity index (χ1n) is 9.36. The van der Waals surface area contributed by atoms with Crippen LogP contribution in [0.2, 0.25) is 0 Å². The van der Waals surface area contributed by atoms with Crippen LogP contribution in [0.3, 0.4) is 0 Å². The highest BCUT2D eigenvalue weighted by molar-refractivity contribution is 5.94. The summed E-state index contributed by atoms with van der Waals surface area (Å²) in [5.74, 6) is 0.0156. The van der Waals surface area contributed by atoms with Crippen molar-refractivity contribution in [3.8, 4) is 0 Å². The summed E-state index contributed by atoms with van der Waals surface area (Å²) in [4.78, 5) is 14.3. The second-order valence-corrected chi connectivity index (χ2v) is 7.21. The Bertz CT molecular complexity index is 515. The molecule has 1 heterocycles. The molecule has 4 nitrogen and oxygen atoms in total. The Morgan fingerprint density at radius 1 is 1.17 bits per heavy atom. The van der Waals surface area contributed by atoms with Crippen LogP contribution in [0, 0.1) is 0 Å². The van der Waals surface area contributed by atoms with Crippen LogP contribution < -0.4 is 5.73 Å². The van der Waals surface area contributed by atoms with Gasteiger partial charge in [-0.2, -0.15) is 0 Å². The summed E-state index contributed by atoms with van der Waals surface area (Å²) in [6.07, 6.45) is 9.54. The van der Waals surface area contributed by atoms with Crippen molar-refractivity contribution < 1.29 is 9.90 Å². The lowest BCUT2D eigenvalue weighted by atomic mass is 10.0. The monoisotopic (exact) mass is 332 g/mol. The van der Waals surface area contributed by atoms with E-state index in [1.165, 1.54) is 44.1 Å². The van der Waals surface area contributed by atoms with Gasteiger partial charge in [0.15, 0.2) is 0 Å². The zero-order chi connectivity index (χ0) is 17.4. The molecule has 1 saturated heterocycles. The van der Waals surface area contributed by atoms with E-state index in [2.05, 4.69) is 19.1 Å². The number of amides is 1. The maximum atomic E-state index is 12.5. The van der Waals surface area contributed by atoms with E-state index in [1.807, 2.05) is 12.1 Å². The minimum atomic E-state index is -0.632. The van der Waals surface area contributed by atoms with Gasteiger partial charge in [0.05, 0.1) is 12.1 Å². The Morgan fingerprint density at radius 2 is 1.83 bits per heavy atom. The zero-order valence-corrected chi connectivity index (χ0v) is 15.0. The van der Waals surface area contributed by atoms with Gasteiger partial charge in [0.25, 0.3) is 5.91 Å². The fraction of sp³-hybridized carbons (Fsp3) is 0.650. The van der Waals surface area contributed by atoms with Crippen molar-refractivity contribution >= 4 is 5.91 Å². The molecule has 134 valence electrons. The lowest BCUT2D eigenvalue weighted by molar-refractivity contribution is 0.0775. The molecule has 1 amide bonds. The van der Waals surface area contributed by atoms with Gasteiger partial charge in [-0.25, -0.2) is 0 Å². The molecular weight excluding hydrogens is 300 g/mol. The van der Waals surface area contributed by atoms with Gasteiger partial charge >= 0.3 is 0 Å². The van der Waals surface area contributed by atoms with Crippen molar-refractivity contribution in [3.05, 3.63) is 35.4 Å². The Kier molecular flexibility index (Phi) is 7.25. The van der Waals surface area contributed by atoms with Crippen LogP contribution in [-0.2, 0) is 6.42 Å². The number of hydrogen-bond acceptors (Lipinski definition) is 3. The molecule has 0 spiro atoms. The molecule has 1 aliphatic rings. The molecule has 1 aliphatic heterocycles. The Balaban J connectivity index is 1.78. The summed E-state index contributed by atoms with van der Waals surface area (Å²) >= 11 is 0. The number of aryl methyl sites for hydroxylation is 1. The number of nitrogens with two attached hydrogens (primary N) is 1. The summed E-state index contributed by atoms with van der Waals surface area (Å²) in [6, 6.07) is 7.97. The van der Waals surface area contributed by atoms with Gasteiger partial charge in [-0.05, 0) is 37.0 Å². The van der Waals surface area contributed by atoms with Crippen molar-refractivity contribution in [3.63, 3.8) is 0 Å². The highest BCUT2D eigenvalue weighted by Crippen LogP contribution is 2.21. The third kappa shape index (κ3) is 5.32. The molecular formula is C20H32N2O2. The van der Waals surface area contributed by atoms with Gasteiger partial charge in [-0.15, -0.1) is 0 Å². The zero-order valence-electron chi connectivity index (χ0n) is 15.0. The largest absolute Gasteiger partial charge is 0.394 e. The van der Waals surface area contributed by atoms with E-state index < -0.39 is 5.54 Å². The average Bonchev–Trinajstić information content (AvgIpc) is 3.01. The molecule has 1 aromatic rings. The molecule has 0 aliphatic carbocycles. The third-order valence-corrected chi connectivity index (χ3v) is 5.01. The van der Waals surface area contributed by atoms with Crippen LogP contribution in [0.25, 0.3) is 0 Å². The maximum absolute atomic E-state index is 12.5. The van der Waals surface area contributed by atoms with Gasteiger partial charge in [0, 0.05) is 18.7 Å². The first-order chi connectivity index (χ1) is 11.6. The van der Waals surface area contributed by atoms with Gasteiger partial charge in [-0.1, -0.05) is 51.2 Å². The molecule has 0 aromatic heterocycles. The molecule has 4 heteroatoms. The highest BCUT2D eigenvalue weighted by Gasteiger charge is 2.36. The van der Waals surface area contributed by atoms with Crippen LogP contribution in [-0.4, -0.2) is 41.1 Å². The molecule has 1 atom stereocenters. The molecule has 2 rings (SSSR count). The number of likely N-dealkylation sites (tertiary alicyclic amines) is 1. The first kappa shape index (κ1) is 18.9. The summed E-state index contributed by atoms with van der Waals surface area (Å²) in [5.41, 5.74) is 7.42. The predicted octanol–water partition coefficient (Wildman–Crippen LogP) is 3.13. The molecule has 1 aromatic carbocycles. The van der Waals surface area contributed by atoms with Crippen LogP contribution in [0.15, 0.2) is 24.3 Å². The molecule has 1 fully saturated rings. The third-order valence-electron chi connectivity index (χ3n) is 5.01. The molecule has 1 unspecified atom stereocenters. The van der Waals surface area contributed by atoms with E-state index in [9.17, 15) is 9.90 Å². The van der Waals surface area contributed by atoms with E-state index in [0.29, 0.717) is 25.1 Å². The van der Waals surface area contributed by atoms with E-state index in [-0.39, 0.29) is 12.5 Å². The smallest absolute Gasteiger partial charge is 0.253 e. The number of aliphatic hydroxyl groups excluding tert-OH is 1. The molecule has 24 heavy (non-hydrogen) atoms. The maximum Gasteiger partial charge on any atom is 0.253 e. The van der Waals surface area contributed by atoms with Gasteiger partial charge in [-0.3, -0.25) is 4.79 Å². The van der Waals surface area contributed by atoms with Gasteiger partial charge in [0.1, 0.15) is 0 Å². The highest BCUT2D eigenvalue weighted by atomic mass is 16.3. The van der Waals surface area contributed by atoms with E-state index in [1.54, 1.807) is 4.90 Å². The van der Waals surface area contributed by atoms with Crippen molar-refractivity contribution in [2.24, 2.45) is 5.73 Å². The number of nitrogens with zero attached hydrogens (tertiary/aromatic N) is 1. The fourth-order valence-corrected chi connectivity index (χ4v) is 3.30. The van der Waals surface area contributed by atoms with Gasteiger partial charge < -0.3 is 15.7 Å². The van der Waals surface area contributed by atoms with Crippen molar-refractivity contribution in [1.29, 1.82) is 0 Å². The minimum Gasteiger partial charge on any atom is -0.394 e. The molecule has 3 N–H and O–H groups in total. The number of rotatable bonds is 9. The van der Waals surface area contributed by atoms with Gasteiger partial charge in [0.2, 0.25) is 0 Å². The number of aliphatic hydroxyl groups is 1. The second kappa shape index (κ2) is 9.19. The quantitative estimate of drug-likeness (QED) is 0.683. The Labute approximate surface area is 146 Å². The minimum absolute atomic E-state index is 0.0156. The van der Waals surface area contributed by atoms with Crippen molar-refractivity contribution in [1.82, 2.24) is 4.90 Å². The predicted molar refractivity (Wildman–Crippen MR) is 98.0 cm³/mol. The lowest BCUT2D eigenvalue weighted by Gasteiger charge is -2.22. The van der Waals surface area contributed by atoms with Crippen LogP contribution in [0.5, 0.6) is 0 Å². The average molecular weight is 332 g/mol. The van der Waals surface area contributed by atoms with E-state index >= 15 is 0 Å². The Morgan fingerprint density at radius 3 is 2.46 bits per heavy atom. The molecule has 0 saturated carbocycles. The number of carbonyl (C=O) groups excluding carboxylic acids is 1. The summed E-state index contributed by atoms with van der Waals surface area (Å²) in [6.45, 7) is 3.22. The second-order valence-electron chi connectivity index (χ2n) is 7.21. The lowest BCUT2D eigenvalue weighted by Crippen LogP contribution is -2.46. The van der Waals surface area contributed by atoms with Crippen molar-refractivity contribution in [2.75, 3.05) is 19.7 Å². The summed E-state index contributed by atoms with van der Waals surface area (Å²) < 4.78 is 0. The summed E-state index contributed by atoms with van der Waals surface area (Å²) in [5, 5.41) is 9.32. The van der Waals surface area contributed by atoms with E-state index in [0.717, 1.165) is 6.42 Å².